The van der Waals surface area contributed by atoms with Gasteiger partial charge in [0.15, 0.2) is 0 Å². The second-order valence-electron chi connectivity index (χ2n) is 8.87. The maximum Gasteiger partial charge on any atom is 0.353 e. The molecule has 0 aromatic carbocycles. The number of amides is 2. The van der Waals surface area contributed by atoms with E-state index in [1.165, 1.54) is 16.7 Å². The lowest BCUT2D eigenvalue weighted by atomic mass is 9.79. The van der Waals surface area contributed by atoms with Gasteiger partial charge in [0.25, 0.3) is 0 Å². The van der Waals surface area contributed by atoms with E-state index in [-0.39, 0.29) is 46.8 Å². The number of carboxylic acid groups (broad SMARTS) is 1. The second-order valence-corrected chi connectivity index (χ2v) is 10.2. The molecule has 0 aromatic rings. The Bertz CT molecular complexity index is 779. The fraction of sp³-hybridized carbons (Fsp3) is 0.750. The van der Waals surface area contributed by atoms with Crippen LogP contribution >= 0.6 is 11.8 Å². The predicted molar refractivity (Wildman–Crippen MR) is 111 cm³/mol. The number of nitrogens with zero attached hydrogens (tertiary/aromatic N) is 2. The SMILES string of the molecule is C[C@@H](O)[C@H]1C(=O)N2C(C(=O)O)=C(S[C@@H]3CN[C@H](C(=O)N4CCC(N)CC4)C3)[C@H](C)[C@H]12. The van der Waals surface area contributed by atoms with Gasteiger partial charge in [-0.2, -0.15) is 0 Å². The van der Waals surface area contributed by atoms with Crippen molar-refractivity contribution in [3.05, 3.63) is 10.6 Å². The fourth-order valence-corrected chi connectivity index (χ4v) is 6.66. The summed E-state index contributed by atoms with van der Waals surface area (Å²) in [5.41, 5.74) is 5.97. The third-order valence-corrected chi connectivity index (χ3v) is 8.36. The molecule has 0 spiro atoms. The predicted octanol–water partition coefficient (Wildman–Crippen LogP) is -0.446. The average Bonchev–Trinajstić information content (AvgIpc) is 3.24. The molecule has 0 bridgehead atoms. The van der Waals surface area contributed by atoms with E-state index in [0.717, 1.165) is 12.8 Å². The molecule has 30 heavy (non-hydrogen) atoms. The number of carbonyl (C=O) groups is 3. The van der Waals surface area contributed by atoms with E-state index < -0.39 is 18.0 Å². The minimum atomic E-state index is -1.12. The number of fused-ring (bicyclic) bond motifs is 1. The summed E-state index contributed by atoms with van der Waals surface area (Å²) < 4.78 is 0. The summed E-state index contributed by atoms with van der Waals surface area (Å²) >= 11 is 1.46. The van der Waals surface area contributed by atoms with Crippen LogP contribution in [0.5, 0.6) is 0 Å². The molecule has 2 amide bonds. The summed E-state index contributed by atoms with van der Waals surface area (Å²) in [7, 11) is 0. The van der Waals surface area contributed by atoms with E-state index in [9.17, 15) is 24.6 Å². The fourth-order valence-electron chi connectivity index (χ4n) is 5.18. The molecular weight excluding hydrogens is 408 g/mol. The number of nitrogens with two attached hydrogens (primary N) is 1. The second kappa shape index (κ2) is 8.14. The molecule has 6 atom stereocenters. The highest BCUT2D eigenvalue weighted by molar-refractivity contribution is 8.03. The maximum atomic E-state index is 12.8. The number of carbonyl (C=O) groups excluding carboxylic acids is 2. The Morgan fingerprint density at radius 2 is 1.97 bits per heavy atom. The van der Waals surface area contributed by atoms with E-state index in [1.807, 2.05) is 11.8 Å². The molecule has 0 aromatic heterocycles. The minimum absolute atomic E-state index is 0.0409. The van der Waals surface area contributed by atoms with Crippen molar-refractivity contribution < 1.29 is 24.6 Å². The number of hydrogen-bond donors (Lipinski definition) is 4. The number of rotatable bonds is 5. The Balaban J connectivity index is 1.43. The monoisotopic (exact) mass is 438 g/mol. The number of β-lactam (4-membered cyclic amide) rings is 1. The van der Waals surface area contributed by atoms with Crippen LogP contribution in [0.15, 0.2) is 10.6 Å². The van der Waals surface area contributed by atoms with Gasteiger partial charge in [-0.3, -0.25) is 9.59 Å². The summed E-state index contributed by atoms with van der Waals surface area (Å²) in [6.45, 7) is 5.46. The largest absolute Gasteiger partial charge is 0.477 e. The van der Waals surface area contributed by atoms with Crippen molar-refractivity contribution >= 4 is 29.5 Å². The van der Waals surface area contributed by atoms with E-state index in [4.69, 9.17) is 5.73 Å². The molecule has 166 valence electrons. The summed E-state index contributed by atoms with van der Waals surface area (Å²) in [4.78, 5) is 41.1. The zero-order chi connectivity index (χ0) is 21.7. The molecule has 10 heteroatoms. The number of nitrogens with one attached hydrogen (secondary N) is 1. The van der Waals surface area contributed by atoms with Crippen LogP contribution in [-0.4, -0.2) is 86.9 Å². The normalized spacial score (nSPS) is 35.5. The van der Waals surface area contributed by atoms with Gasteiger partial charge in [0.1, 0.15) is 5.70 Å². The molecule has 4 heterocycles. The number of likely N-dealkylation sites (tertiary alicyclic amines) is 1. The number of hydrogen-bond acceptors (Lipinski definition) is 7. The first-order valence-electron chi connectivity index (χ1n) is 10.6. The highest BCUT2D eigenvalue weighted by atomic mass is 32.2. The van der Waals surface area contributed by atoms with Crippen LogP contribution in [0.3, 0.4) is 0 Å². The van der Waals surface area contributed by atoms with E-state index in [1.54, 1.807) is 6.92 Å². The van der Waals surface area contributed by atoms with Crippen LogP contribution < -0.4 is 11.1 Å². The lowest BCUT2D eigenvalue weighted by molar-refractivity contribution is -0.163. The average molecular weight is 439 g/mol. The molecule has 0 aliphatic carbocycles. The van der Waals surface area contributed by atoms with Crippen LogP contribution in [0.4, 0.5) is 0 Å². The molecule has 0 saturated carbocycles. The van der Waals surface area contributed by atoms with Crippen LogP contribution in [0, 0.1) is 11.8 Å². The van der Waals surface area contributed by atoms with Gasteiger partial charge in [-0.25, -0.2) is 4.79 Å². The van der Waals surface area contributed by atoms with Crippen LogP contribution in [0.2, 0.25) is 0 Å². The summed E-state index contributed by atoms with van der Waals surface area (Å²) in [5.74, 6) is -2.07. The van der Waals surface area contributed by atoms with Gasteiger partial charge < -0.3 is 31.1 Å². The number of aliphatic carboxylic acids is 1. The van der Waals surface area contributed by atoms with Crippen molar-refractivity contribution in [2.75, 3.05) is 19.6 Å². The number of piperidine rings is 1. The van der Waals surface area contributed by atoms with Crippen molar-refractivity contribution in [2.24, 2.45) is 17.6 Å². The zero-order valence-corrected chi connectivity index (χ0v) is 18.1. The van der Waals surface area contributed by atoms with Crippen molar-refractivity contribution in [3.63, 3.8) is 0 Å². The smallest absolute Gasteiger partial charge is 0.353 e. The van der Waals surface area contributed by atoms with E-state index >= 15 is 0 Å². The third-order valence-electron chi connectivity index (χ3n) is 6.84. The summed E-state index contributed by atoms with van der Waals surface area (Å²) in [6, 6.07) is -0.417. The topological polar surface area (TPSA) is 136 Å². The molecule has 9 nitrogen and oxygen atoms in total. The van der Waals surface area contributed by atoms with E-state index in [2.05, 4.69) is 5.32 Å². The molecule has 0 radical (unpaired) electrons. The van der Waals surface area contributed by atoms with Crippen molar-refractivity contribution in [1.82, 2.24) is 15.1 Å². The maximum absolute atomic E-state index is 12.8. The lowest BCUT2D eigenvalue weighted by Crippen LogP contribution is -2.63. The highest BCUT2D eigenvalue weighted by Gasteiger charge is 2.60. The van der Waals surface area contributed by atoms with Gasteiger partial charge in [0.05, 0.1) is 24.1 Å². The number of thioether (sulfide) groups is 1. The van der Waals surface area contributed by atoms with Crippen molar-refractivity contribution in [1.29, 1.82) is 0 Å². The molecule has 5 N–H and O–H groups in total. The first kappa shape index (κ1) is 21.6. The number of aliphatic hydroxyl groups excluding tert-OH is 1. The molecule has 3 fully saturated rings. The first-order chi connectivity index (χ1) is 14.2. The minimum Gasteiger partial charge on any atom is -0.477 e. The van der Waals surface area contributed by atoms with E-state index in [0.29, 0.717) is 31.0 Å². The molecule has 3 saturated heterocycles. The Labute approximate surface area is 180 Å². The molecule has 0 unspecified atom stereocenters. The van der Waals surface area contributed by atoms with Gasteiger partial charge >= 0.3 is 5.97 Å². The van der Waals surface area contributed by atoms with Crippen LogP contribution in [0.1, 0.15) is 33.1 Å². The number of aliphatic hydroxyl groups is 1. The van der Waals surface area contributed by atoms with Gasteiger partial charge in [-0.1, -0.05) is 6.92 Å². The molecular formula is C20H30N4O5S. The Morgan fingerprint density at radius 3 is 2.57 bits per heavy atom. The third kappa shape index (κ3) is 3.53. The summed E-state index contributed by atoms with van der Waals surface area (Å²) in [6.07, 6.45) is 1.44. The first-order valence-corrected chi connectivity index (χ1v) is 11.5. The highest BCUT2D eigenvalue weighted by Crippen LogP contribution is 2.51. The zero-order valence-electron chi connectivity index (χ0n) is 17.3. The quantitative estimate of drug-likeness (QED) is 0.424. The Kier molecular flexibility index (Phi) is 5.86. The molecule has 4 rings (SSSR count). The molecule has 4 aliphatic rings. The van der Waals surface area contributed by atoms with Gasteiger partial charge in [-0.15, -0.1) is 11.8 Å². The van der Waals surface area contributed by atoms with Gasteiger partial charge in [0, 0.05) is 41.7 Å². The Hall–Kier alpha value is -1.62. The van der Waals surface area contributed by atoms with Gasteiger partial charge in [-0.05, 0) is 26.2 Å². The lowest BCUT2D eigenvalue weighted by Gasteiger charge is -2.46. The summed E-state index contributed by atoms with van der Waals surface area (Å²) in [5, 5.41) is 23.1. The van der Waals surface area contributed by atoms with Crippen molar-refractivity contribution in [2.45, 2.75) is 62.6 Å². The van der Waals surface area contributed by atoms with Crippen LogP contribution in [-0.2, 0) is 14.4 Å². The standard InChI is InChI=1S/C20H30N4O5S/c1-9-15-14(10(2)25)19(27)24(15)16(20(28)29)17(9)30-12-7-13(22-8-12)18(26)23-5-3-11(21)4-6-23/h9-15,22,25H,3-8,21H2,1-2H3,(H,28,29)/t9-,10-,12+,13+,14-,15-/m1/s1. The Morgan fingerprint density at radius 1 is 1.30 bits per heavy atom. The number of carboxylic acids is 1. The molecule has 4 aliphatic heterocycles. The van der Waals surface area contributed by atoms with Crippen molar-refractivity contribution in [3.8, 4) is 0 Å². The van der Waals surface area contributed by atoms with Gasteiger partial charge in [0.2, 0.25) is 11.8 Å². The van der Waals surface area contributed by atoms with Crippen LogP contribution in [0.25, 0.3) is 0 Å².